The fourth-order valence-electron chi connectivity index (χ4n) is 1.72. The number of aryl methyl sites for hydroxylation is 2. The Bertz CT molecular complexity index is 479. The molecular weight excluding hydrogens is 235 g/mol. The molecule has 82 valence electrons. The maximum Gasteiger partial charge on any atom is 0.0526 e. The first kappa shape index (κ1) is 11.6. The van der Waals surface area contributed by atoms with Gasteiger partial charge in [0.2, 0.25) is 0 Å². The Balaban J connectivity index is 2.38. The van der Waals surface area contributed by atoms with E-state index < -0.39 is 7.27 Å². The first-order valence-electron chi connectivity index (χ1n) is 5.26. The van der Waals surface area contributed by atoms with Crippen molar-refractivity contribution in [1.82, 2.24) is 0 Å². The van der Waals surface area contributed by atoms with Crippen molar-refractivity contribution in [2.75, 3.05) is 0 Å². The van der Waals surface area contributed by atoms with E-state index >= 15 is 0 Å². The molecule has 0 fully saturated rings. The highest BCUT2D eigenvalue weighted by molar-refractivity contribution is 7.95. The lowest BCUT2D eigenvalue weighted by atomic mass is 10.2. The smallest absolute Gasteiger partial charge is 0.0526 e. The molecule has 0 spiro atoms. The number of hydrogen-bond donors (Lipinski definition) is 0. The summed E-state index contributed by atoms with van der Waals surface area (Å²) in [4.78, 5) is 0. The van der Waals surface area contributed by atoms with Crippen LogP contribution in [0.15, 0.2) is 48.5 Å². The highest BCUT2D eigenvalue weighted by atomic mass is 35.7. The summed E-state index contributed by atoms with van der Waals surface area (Å²) < 4.78 is 0. The molecule has 0 nitrogen and oxygen atoms in total. The molecule has 1 atom stereocenters. The summed E-state index contributed by atoms with van der Waals surface area (Å²) in [5.41, 5.74) is 2.57. The average Bonchev–Trinajstić information content (AvgIpc) is 2.29. The molecular formula is C14H14ClP. The van der Waals surface area contributed by atoms with Crippen LogP contribution in [0.3, 0.4) is 0 Å². The fourth-order valence-corrected chi connectivity index (χ4v) is 3.92. The first-order valence-corrected chi connectivity index (χ1v) is 7.51. The van der Waals surface area contributed by atoms with Gasteiger partial charge in [-0.2, -0.15) is 0 Å². The Morgan fingerprint density at radius 1 is 0.938 bits per heavy atom. The quantitative estimate of drug-likeness (QED) is 0.708. The number of rotatable bonds is 2. The van der Waals surface area contributed by atoms with Crippen LogP contribution in [0, 0.1) is 13.8 Å². The second-order valence-electron chi connectivity index (χ2n) is 3.91. The molecule has 0 aliphatic heterocycles. The van der Waals surface area contributed by atoms with Gasteiger partial charge in [0, 0.05) is 0 Å². The molecule has 16 heavy (non-hydrogen) atoms. The topological polar surface area (TPSA) is 0 Å². The Labute approximate surface area is 103 Å². The molecule has 0 radical (unpaired) electrons. The van der Waals surface area contributed by atoms with Gasteiger partial charge in [0.25, 0.3) is 0 Å². The van der Waals surface area contributed by atoms with E-state index in [-0.39, 0.29) is 0 Å². The van der Waals surface area contributed by atoms with Gasteiger partial charge in [-0.15, -0.1) is 0 Å². The van der Waals surface area contributed by atoms with Crippen LogP contribution in [0.25, 0.3) is 0 Å². The van der Waals surface area contributed by atoms with Crippen molar-refractivity contribution in [2.24, 2.45) is 0 Å². The van der Waals surface area contributed by atoms with E-state index in [1.165, 1.54) is 21.7 Å². The minimum absolute atomic E-state index is 0.732. The van der Waals surface area contributed by atoms with Gasteiger partial charge >= 0.3 is 0 Å². The minimum Gasteiger partial charge on any atom is -0.0859 e. The van der Waals surface area contributed by atoms with Crippen molar-refractivity contribution >= 4 is 29.1 Å². The molecule has 0 saturated carbocycles. The van der Waals surface area contributed by atoms with Crippen LogP contribution in [0.1, 0.15) is 11.1 Å². The van der Waals surface area contributed by atoms with Gasteiger partial charge in [-0.1, -0.05) is 65.3 Å². The van der Waals surface area contributed by atoms with E-state index in [1.807, 2.05) is 18.2 Å². The lowest BCUT2D eigenvalue weighted by Crippen LogP contribution is -2.10. The van der Waals surface area contributed by atoms with Gasteiger partial charge in [-0.3, -0.25) is 0 Å². The number of halogens is 1. The van der Waals surface area contributed by atoms with Crippen LogP contribution >= 0.6 is 18.5 Å². The number of benzene rings is 2. The molecule has 1 unspecified atom stereocenters. The molecule has 0 N–H and O–H groups in total. The SMILES string of the molecule is Cc1ccc(P(Cl)c2ccccc2)c(C)c1. The van der Waals surface area contributed by atoms with Crippen LogP contribution in [0.4, 0.5) is 0 Å². The third kappa shape index (κ3) is 2.45. The van der Waals surface area contributed by atoms with Crippen molar-refractivity contribution in [3.63, 3.8) is 0 Å². The van der Waals surface area contributed by atoms with Gasteiger partial charge < -0.3 is 0 Å². The van der Waals surface area contributed by atoms with Crippen molar-refractivity contribution in [1.29, 1.82) is 0 Å². The lowest BCUT2D eigenvalue weighted by Gasteiger charge is -2.13. The lowest BCUT2D eigenvalue weighted by molar-refractivity contribution is 1.41. The normalized spacial score (nSPS) is 12.4. The molecule has 2 aromatic carbocycles. The molecule has 0 heterocycles. The Morgan fingerprint density at radius 2 is 1.62 bits per heavy atom. The average molecular weight is 249 g/mol. The minimum atomic E-state index is -0.732. The highest BCUT2D eigenvalue weighted by Gasteiger charge is 2.12. The molecule has 2 heteroatoms. The Kier molecular flexibility index (Phi) is 3.63. The molecule has 0 saturated heterocycles. The van der Waals surface area contributed by atoms with Gasteiger partial charge in [-0.05, 0) is 30.0 Å². The predicted octanol–water partition coefficient (Wildman–Crippen LogP) is 3.89. The molecule has 2 aromatic rings. The van der Waals surface area contributed by atoms with E-state index in [0.717, 1.165) is 0 Å². The largest absolute Gasteiger partial charge is 0.0859 e. The standard InChI is InChI=1S/C14H14ClP/c1-11-8-9-14(12(2)10-11)16(15)13-6-4-3-5-7-13/h3-10H,1-2H3. The molecule has 0 amide bonds. The molecule has 0 aliphatic carbocycles. The third-order valence-corrected chi connectivity index (χ3v) is 5.35. The molecule has 0 aliphatic rings. The van der Waals surface area contributed by atoms with Crippen molar-refractivity contribution in [3.05, 3.63) is 59.7 Å². The van der Waals surface area contributed by atoms with Crippen LogP contribution in [-0.4, -0.2) is 0 Å². The Morgan fingerprint density at radius 3 is 2.25 bits per heavy atom. The number of hydrogen-bond acceptors (Lipinski definition) is 0. The summed E-state index contributed by atoms with van der Waals surface area (Å²) in [5.74, 6) is 0. The van der Waals surface area contributed by atoms with Gasteiger partial charge in [-0.25, -0.2) is 0 Å². The summed E-state index contributed by atoms with van der Waals surface area (Å²) in [7, 11) is -0.732. The molecule has 0 aromatic heterocycles. The molecule has 2 rings (SSSR count). The van der Waals surface area contributed by atoms with Gasteiger partial charge in [0.1, 0.15) is 0 Å². The third-order valence-electron chi connectivity index (χ3n) is 2.55. The summed E-state index contributed by atoms with van der Waals surface area (Å²) in [6, 6.07) is 16.8. The monoisotopic (exact) mass is 248 g/mol. The fraction of sp³-hybridized carbons (Fsp3) is 0.143. The van der Waals surface area contributed by atoms with Crippen LogP contribution in [-0.2, 0) is 0 Å². The highest BCUT2D eigenvalue weighted by Crippen LogP contribution is 2.39. The molecule has 0 bridgehead atoms. The predicted molar refractivity (Wildman–Crippen MR) is 74.4 cm³/mol. The van der Waals surface area contributed by atoms with E-state index in [0.29, 0.717) is 0 Å². The van der Waals surface area contributed by atoms with Crippen molar-refractivity contribution < 1.29 is 0 Å². The summed E-state index contributed by atoms with van der Waals surface area (Å²) >= 11 is 6.55. The van der Waals surface area contributed by atoms with Crippen molar-refractivity contribution in [3.8, 4) is 0 Å². The maximum atomic E-state index is 6.55. The van der Waals surface area contributed by atoms with Crippen LogP contribution in [0.2, 0.25) is 0 Å². The van der Waals surface area contributed by atoms with E-state index in [4.69, 9.17) is 11.2 Å². The van der Waals surface area contributed by atoms with E-state index in [1.54, 1.807) is 0 Å². The maximum absolute atomic E-state index is 6.55. The van der Waals surface area contributed by atoms with Crippen molar-refractivity contribution in [2.45, 2.75) is 13.8 Å². The zero-order valence-corrected chi connectivity index (χ0v) is 11.1. The Hall–Kier alpha value is -0.840. The van der Waals surface area contributed by atoms with Crippen LogP contribution < -0.4 is 10.6 Å². The summed E-state index contributed by atoms with van der Waals surface area (Å²) in [5, 5.41) is 2.47. The van der Waals surface area contributed by atoms with Crippen LogP contribution in [0.5, 0.6) is 0 Å². The van der Waals surface area contributed by atoms with E-state index in [9.17, 15) is 0 Å². The summed E-state index contributed by atoms with van der Waals surface area (Å²) in [6.45, 7) is 4.23. The second kappa shape index (κ2) is 4.99. The van der Waals surface area contributed by atoms with E-state index in [2.05, 4.69) is 44.2 Å². The van der Waals surface area contributed by atoms with Gasteiger partial charge in [0.15, 0.2) is 0 Å². The zero-order valence-electron chi connectivity index (χ0n) is 9.44. The van der Waals surface area contributed by atoms with Gasteiger partial charge in [0.05, 0.1) is 7.27 Å². The zero-order chi connectivity index (χ0) is 11.5. The summed E-state index contributed by atoms with van der Waals surface area (Å²) in [6.07, 6.45) is 0. The first-order chi connectivity index (χ1) is 7.68. The second-order valence-corrected chi connectivity index (χ2v) is 6.48.